The van der Waals surface area contributed by atoms with E-state index >= 15 is 0 Å². The van der Waals surface area contributed by atoms with Crippen LogP contribution >= 0.6 is 0 Å². The third-order valence-electron chi connectivity index (χ3n) is 2.40. The van der Waals surface area contributed by atoms with E-state index < -0.39 is 16.1 Å². The van der Waals surface area contributed by atoms with Crippen LogP contribution in [0.2, 0.25) is 0 Å². The minimum absolute atomic E-state index is 0.0702. The normalized spacial score (nSPS) is 11.4. The van der Waals surface area contributed by atoms with E-state index in [9.17, 15) is 13.2 Å². The van der Waals surface area contributed by atoms with Crippen LogP contribution in [0.25, 0.3) is 0 Å². The minimum Gasteiger partial charge on any atom is -0.336 e. The number of carbonyl (C=O) groups excluding carboxylic acids is 1. The number of likely N-dealkylation sites (N-methyl/N-ethyl adjacent to an activating group) is 1. The number of benzene rings is 1. The van der Waals surface area contributed by atoms with Crippen LogP contribution in [-0.2, 0) is 10.0 Å². The molecule has 6 nitrogen and oxygen atoms in total. The number of sulfonamides is 1. The van der Waals surface area contributed by atoms with Crippen molar-refractivity contribution in [2.45, 2.75) is 11.8 Å². The zero-order chi connectivity index (χ0) is 14.5. The van der Waals surface area contributed by atoms with Crippen molar-refractivity contribution in [2.75, 3.05) is 27.2 Å². The second-order valence-electron chi connectivity index (χ2n) is 4.48. The molecular formula is C12H19N3O3S. The average Bonchev–Trinajstić information content (AvgIpc) is 2.28. The molecule has 2 amide bonds. The van der Waals surface area contributed by atoms with Crippen molar-refractivity contribution in [1.82, 2.24) is 14.9 Å². The van der Waals surface area contributed by atoms with Crippen molar-refractivity contribution in [1.29, 1.82) is 0 Å². The summed E-state index contributed by atoms with van der Waals surface area (Å²) >= 11 is 0. The number of nitrogens with zero attached hydrogens (tertiary/aromatic N) is 1. The summed E-state index contributed by atoms with van der Waals surface area (Å²) in [6.07, 6.45) is 0. The monoisotopic (exact) mass is 285 g/mol. The summed E-state index contributed by atoms with van der Waals surface area (Å²) in [4.78, 5) is 13.4. The molecule has 0 saturated heterocycles. The van der Waals surface area contributed by atoms with E-state index in [1.54, 1.807) is 12.1 Å². The van der Waals surface area contributed by atoms with Crippen LogP contribution in [0.5, 0.6) is 0 Å². The predicted molar refractivity (Wildman–Crippen MR) is 73.5 cm³/mol. The van der Waals surface area contributed by atoms with Gasteiger partial charge in [0.05, 0.1) is 4.90 Å². The molecule has 1 aromatic rings. The Labute approximate surface area is 113 Å². The molecule has 0 atom stereocenters. The van der Waals surface area contributed by atoms with E-state index in [4.69, 9.17) is 0 Å². The second-order valence-corrected chi connectivity index (χ2v) is 6.16. The molecule has 0 fully saturated rings. The Hall–Kier alpha value is -1.60. The van der Waals surface area contributed by atoms with Crippen molar-refractivity contribution in [3.05, 3.63) is 29.8 Å². The summed E-state index contributed by atoms with van der Waals surface area (Å²) in [6, 6.07) is 5.56. The molecule has 0 aliphatic rings. The Morgan fingerprint density at radius 2 is 1.79 bits per heavy atom. The molecule has 0 aromatic heterocycles. The maximum atomic E-state index is 11.9. The van der Waals surface area contributed by atoms with E-state index in [1.165, 1.54) is 12.1 Å². The first-order valence-electron chi connectivity index (χ1n) is 5.83. The van der Waals surface area contributed by atoms with Crippen LogP contribution in [0.1, 0.15) is 5.56 Å². The van der Waals surface area contributed by atoms with Gasteiger partial charge in [-0.05, 0) is 33.2 Å². The Kier molecular flexibility index (Phi) is 5.31. The van der Waals surface area contributed by atoms with Crippen molar-refractivity contribution >= 4 is 16.1 Å². The lowest BCUT2D eigenvalue weighted by Gasteiger charge is -2.11. The van der Waals surface area contributed by atoms with Gasteiger partial charge in [0.1, 0.15) is 0 Å². The molecule has 106 valence electrons. The molecule has 19 heavy (non-hydrogen) atoms. The third-order valence-corrected chi connectivity index (χ3v) is 3.75. The molecule has 1 rings (SSSR count). The van der Waals surface area contributed by atoms with Crippen molar-refractivity contribution in [3.63, 3.8) is 0 Å². The van der Waals surface area contributed by atoms with Gasteiger partial charge in [-0.3, -0.25) is 0 Å². The largest absolute Gasteiger partial charge is 0.336 e. The van der Waals surface area contributed by atoms with E-state index in [0.29, 0.717) is 13.1 Å². The number of amides is 2. The molecule has 1 aromatic carbocycles. The second kappa shape index (κ2) is 6.53. The van der Waals surface area contributed by atoms with Gasteiger partial charge in [0, 0.05) is 13.1 Å². The fourth-order valence-corrected chi connectivity index (χ4v) is 2.26. The molecule has 0 heterocycles. The first-order chi connectivity index (χ1) is 8.81. The third kappa shape index (κ3) is 5.27. The Bertz CT molecular complexity index is 524. The van der Waals surface area contributed by atoms with Crippen LogP contribution in [0, 0.1) is 6.92 Å². The van der Waals surface area contributed by atoms with Gasteiger partial charge in [0.15, 0.2) is 0 Å². The maximum absolute atomic E-state index is 11.9. The van der Waals surface area contributed by atoms with E-state index in [0.717, 1.165) is 5.56 Å². The number of carbonyl (C=O) groups is 1. The van der Waals surface area contributed by atoms with Crippen molar-refractivity contribution in [2.24, 2.45) is 0 Å². The zero-order valence-corrected chi connectivity index (χ0v) is 12.1. The number of aryl methyl sites for hydroxylation is 1. The van der Waals surface area contributed by atoms with Gasteiger partial charge >= 0.3 is 6.03 Å². The lowest BCUT2D eigenvalue weighted by Crippen LogP contribution is -2.41. The molecule has 7 heteroatoms. The lowest BCUT2D eigenvalue weighted by molar-refractivity contribution is 0.244. The summed E-state index contributed by atoms with van der Waals surface area (Å²) in [5.41, 5.74) is 0.953. The van der Waals surface area contributed by atoms with Crippen LogP contribution in [0.15, 0.2) is 29.2 Å². The molecule has 0 aliphatic carbocycles. The van der Waals surface area contributed by atoms with Crippen molar-refractivity contribution in [3.8, 4) is 0 Å². The van der Waals surface area contributed by atoms with Gasteiger partial charge in [0.25, 0.3) is 10.0 Å². The Morgan fingerprint density at radius 3 is 2.32 bits per heavy atom. The molecule has 0 radical (unpaired) electrons. The van der Waals surface area contributed by atoms with Crippen LogP contribution < -0.4 is 10.0 Å². The van der Waals surface area contributed by atoms with Gasteiger partial charge in [-0.25, -0.2) is 17.9 Å². The van der Waals surface area contributed by atoms with Crippen molar-refractivity contribution < 1.29 is 13.2 Å². The smallest absolute Gasteiger partial charge is 0.328 e. The first kappa shape index (κ1) is 15.5. The molecule has 2 N–H and O–H groups in total. The molecule has 0 saturated carbocycles. The van der Waals surface area contributed by atoms with Gasteiger partial charge < -0.3 is 10.2 Å². The SMILES string of the molecule is Cc1ccc(S(=O)(=O)NC(=O)NCCN(C)C)cc1. The average molecular weight is 285 g/mol. The van der Waals surface area contributed by atoms with Crippen LogP contribution in [-0.4, -0.2) is 46.5 Å². The fourth-order valence-electron chi connectivity index (χ4n) is 1.33. The lowest BCUT2D eigenvalue weighted by atomic mass is 10.2. The summed E-state index contributed by atoms with van der Waals surface area (Å²) in [6.45, 7) is 2.87. The molecule has 0 unspecified atom stereocenters. The zero-order valence-electron chi connectivity index (χ0n) is 11.3. The minimum atomic E-state index is -3.80. The van der Waals surface area contributed by atoms with E-state index in [-0.39, 0.29) is 4.90 Å². The molecular weight excluding hydrogens is 266 g/mol. The Morgan fingerprint density at radius 1 is 1.21 bits per heavy atom. The van der Waals surface area contributed by atoms with Gasteiger partial charge in [-0.1, -0.05) is 17.7 Å². The van der Waals surface area contributed by atoms with Gasteiger partial charge in [0.2, 0.25) is 0 Å². The number of hydrogen-bond acceptors (Lipinski definition) is 4. The summed E-state index contributed by atoms with van der Waals surface area (Å²) in [7, 11) is -0.0751. The van der Waals surface area contributed by atoms with Gasteiger partial charge in [-0.2, -0.15) is 0 Å². The topological polar surface area (TPSA) is 78.5 Å². The summed E-state index contributed by atoms with van der Waals surface area (Å²) in [5.74, 6) is 0. The molecule has 0 aliphatic heterocycles. The quantitative estimate of drug-likeness (QED) is 0.828. The number of urea groups is 1. The van der Waals surface area contributed by atoms with Gasteiger partial charge in [-0.15, -0.1) is 0 Å². The first-order valence-corrected chi connectivity index (χ1v) is 7.31. The molecule has 0 bridgehead atoms. The number of hydrogen-bond donors (Lipinski definition) is 2. The van der Waals surface area contributed by atoms with Crippen LogP contribution in [0.4, 0.5) is 4.79 Å². The standard InChI is InChI=1S/C12H19N3O3S/c1-10-4-6-11(7-5-10)19(17,18)14-12(16)13-8-9-15(2)3/h4-7H,8-9H2,1-3H3,(H2,13,14,16). The highest BCUT2D eigenvalue weighted by atomic mass is 32.2. The van der Waals surface area contributed by atoms with E-state index in [1.807, 2.05) is 30.6 Å². The highest BCUT2D eigenvalue weighted by molar-refractivity contribution is 7.90. The Balaban J connectivity index is 2.59. The fraction of sp³-hybridized carbons (Fsp3) is 0.417. The highest BCUT2D eigenvalue weighted by Gasteiger charge is 2.16. The van der Waals surface area contributed by atoms with Crippen LogP contribution in [0.3, 0.4) is 0 Å². The number of rotatable bonds is 5. The van der Waals surface area contributed by atoms with E-state index in [2.05, 4.69) is 5.32 Å². The predicted octanol–water partition coefficient (Wildman–Crippen LogP) is 0.545. The molecule has 0 spiro atoms. The highest BCUT2D eigenvalue weighted by Crippen LogP contribution is 2.09. The summed E-state index contributed by atoms with van der Waals surface area (Å²) in [5, 5.41) is 2.48. The maximum Gasteiger partial charge on any atom is 0.328 e. The number of nitrogens with one attached hydrogen (secondary N) is 2. The summed E-state index contributed by atoms with van der Waals surface area (Å²) < 4.78 is 25.7.